The number of nitrogens with two attached hydrogens (primary N) is 1. The minimum atomic E-state index is -3.43. The van der Waals surface area contributed by atoms with Crippen LogP contribution in [0.5, 0.6) is 5.75 Å². The van der Waals surface area contributed by atoms with Crippen LogP contribution in [0.4, 0.5) is 0 Å². The van der Waals surface area contributed by atoms with E-state index < -0.39 is 10.0 Å². The van der Waals surface area contributed by atoms with Gasteiger partial charge < -0.3 is 4.74 Å². The Morgan fingerprint density at radius 2 is 2.25 bits per heavy atom. The maximum Gasteiger partial charge on any atom is 0.209 e. The lowest BCUT2D eigenvalue weighted by molar-refractivity contribution is 0.272. The summed E-state index contributed by atoms with van der Waals surface area (Å²) < 4.78 is 27.7. The first-order valence-corrected chi connectivity index (χ1v) is 6.91. The molecule has 1 aliphatic rings. The fourth-order valence-corrected chi connectivity index (χ4v) is 2.93. The molecule has 0 amide bonds. The fourth-order valence-electron chi connectivity index (χ4n) is 2.02. The van der Waals surface area contributed by atoms with Crippen molar-refractivity contribution in [1.29, 1.82) is 0 Å². The van der Waals surface area contributed by atoms with Gasteiger partial charge >= 0.3 is 0 Å². The highest BCUT2D eigenvalue weighted by Gasteiger charge is 2.24. The van der Waals surface area contributed by atoms with Gasteiger partial charge in [-0.15, -0.1) is 0 Å². The summed E-state index contributed by atoms with van der Waals surface area (Å²) in [6.07, 6.45) is 0.701. The number of primary sulfonamides is 1. The average molecular weight is 241 g/mol. The van der Waals surface area contributed by atoms with Crippen molar-refractivity contribution in [3.63, 3.8) is 0 Å². The van der Waals surface area contributed by atoms with E-state index in [0.717, 1.165) is 16.9 Å². The summed E-state index contributed by atoms with van der Waals surface area (Å²) in [7, 11) is -3.43. The third kappa shape index (κ3) is 2.54. The number of hydrogen-bond acceptors (Lipinski definition) is 3. The van der Waals surface area contributed by atoms with Gasteiger partial charge in [-0.1, -0.05) is 12.1 Å². The SMILES string of the molecule is Cc1ccc2c(c1)OCCC2CS(N)(=O)=O. The van der Waals surface area contributed by atoms with Gasteiger partial charge in [0.1, 0.15) is 5.75 Å². The number of ether oxygens (including phenoxy) is 1. The molecule has 0 spiro atoms. The number of sulfonamides is 1. The normalized spacial score (nSPS) is 20.0. The van der Waals surface area contributed by atoms with E-state index in [2.05, 4.69) is 0 Å². The summed E-state index contributed by atoms with van der Waals surface area (Å²) in [5.74, 6) is 0.742. The highest BCUT2D eigenvalue weighted by atomic mass is 32.2. The minimum Gasteiger partial charge on any atom is -0.493 e. The van der Waals surface area contributed by atoms with Crippen LogP contribution < -0.4 is 9.88 Å². The van der Waals surface area contributed by atoms with E-state index in [1.54, 1.807) is 0 Å². The van der Waals surface area contributed by atoms with Gasteiger partial charge in [0.15, 0.2) is 0 Å². The summed E-state index contributed by atoms with van der Waals surface area (Å²) >= 11 is 0. The second kappa shape index (κ2) is 4.07. The predicted octanol–water partition coefficient (Wildman–Crippen LogP) is 1.15. The molecule has 1 atom stereocenters. The van der Waals surface area contributed by atoms with E-state index in [4.69, 9.17) is 9.88 Å². The highest BCUT2D eigenvalue weighted by molar-refractivity contribution is 7.89. The molecule has 5 heteroatoms. The third-order valence-electron chi connectivity index (χ3n) is 2.77. The lowest BCUT2D eigenvalue weighted by Gasteiger charge is -2.25. The summed E-state index contributed by atoms with van der Waals surface area (Å²) in [6, 6.07) is 5.83. The molecule has 2 N–H and O–H groups in total. The van der Waals surface area contributed by atoms with E-state index >= 15 is 0 Å². The summed E-state index contributed by atoms with van der Waals surface area (Å²) in [6.45, 7) is 2.53. The molecule has 0 saturated carbocycles. The zero-order valence-electron chi connectivity index (χ0n) is 9.14. The molecular weight excluding hydrogens is 226 g/mol. The topological polar surface area (TPSA) is 69.4 Å². The van der Waals surface area contributed by atoms with Gasteiger partial charge in [-0.2, -0.15) is 0 Å². The molecule has 0 bridgehead atoms. The monoisotopic (exact) mass is 241 g/mol. The van der Waals surface area contributed by atoms with Crippen molar-refractivity contribution in [2.45, 2.75) is 19.3 Å². The Morgan fingerprint density at radius 3 is 2.94 bits per heavy atom. The van der Waals surface area contributed by atoms with Crippen molar-refractivity contribution in [3.8, 4) is 5.75 Å². The number of fused-ring (bicyclic) bond motifs is 1. The molecule has 1 aromatic carbocycles. The molecule has 2 rings (SSSR count). The molecule has 1 aliphatic heterocycles. The molecule has 88 valence electrons. The second-order valence-corrected chi connectivity index (χ2v) is 5.86. The molecule has 1 aromatic rings. The molecule has 0 aromatic heterocycles. The first-order valence-electron chi connectivity index (χ1n) is 5.19. The summed E-state index contributed by atoms with van der Waals surface area (Å²) in [5.41, 5.74) is 2.06. The molecule has 1 unspecified atom stereocenters. The van der Waals surface area contributed by atoms with Crippen LogP contribution >= 0.6 is 0 Å². The largest absolute Gasteiger partial charge is 0.493 e. The molecule has 0 fully saturated rings. The smallest absolute Gasteiger partial charge is 0.209 e. The minimum absolute atomic E-state index is 0.00752. The molecule has 0 aliphatic carbocycles. The number of hydrogen-bond donors (Lipinski definition) is 1. The molecule has 0 saturated heterocycles. The van der Waals surface area contributed by atoms with Crippen molar-refractivity contribution in [2.75, 3.05) is 12.4 Å². The van der Waals surface area contributed by atoms with Gasteiger partial charge in [-0.25, -0.2) is 13.6 Å². The van der Waals surface area contributed by atoms with Gasteiger partial charge in [-0.3, -0.25) is 0 Å². The van der Waals surface area contributed by atoms with Crippen molar-refractivity contribution in [1.82, 2.24) is 0 Å². The van der Waals surface area contributed by atoms with Crippen LogP contribution in [0.2, 0.25) is 0 Å². The van der Waals surface area contributed by atoms with Crippen LogP contribution in [0.15, 0.2) is 18.2 Å². The Morgan fingerprint density at radius 1 is 1.50 bits per heavy atom. The number of rotatable bonds is 2. The standard InChI is InChI=1S/C11H15NO3S/c1-8-2-3-10-9(7-16(12,13)14)4-5-15-11(10)6-8/h2-3,6,9H,4-5,7H2,1H3,(H2,12,13,14). The Kier molecular flexibility index (Phi) is 2.90. The molecule has 1 heterocycles. The zero-order chi connectivity index (χ0) is 11.8. The van der Waals surface area contributed by atoms with Gasteiger partial charge in [0.25, 0.3) is 0 Å². The van der Waals surface area contributed by atoms with Crippen LogP contribution in [0.1, 0.15) is 23.5 Å². The van der Waals surface area contributed by atoms with Crippen LogP contribution in [-0.2, 0) is 10.0 Å². The van der Waals surface area contributed by atoms with Crippen LogP contribution in [-0.4, -0.2) is 20.8 Å². The van der Waals surface area contributed by atoms with Crippen molar-refractivity contribution in [3.05, 3.63) is 29.3 Å². The molecular formula is C11H15NO3S. The Bertz CT molecular complexity index is 496. The van der Waals surface area contributed by atoms with Gasteiger partial charge in [0.05, 0.1) is 12.4 Å². The van der Waals surface area contributed by atoms with Crippen molar-refractivity contribution < 1.29 is 13.2 Å². The van der Waals surface area contributed by atoms with Crippen molar-refractivity contribution in [2.24, 2.45) is 5.14 Å². The average Bonchev–Trinajstić information content (AvgIpc) is 2.15. The second-order valence-electron chi connectivity index (χ2n) is 4.20. The van der Waals surface area contributed by atoms with Crippen LogP contribution in [0.3, 0.4) is 0 Å². The van der Waals surface area contributed by atoms with Gasteiger partial charge in [0, 0.05) is 5.92 Å². The van der Waals surface area contributed by atoms with Gasteiger partial charge in [0.2, 0.25) is 10.0 Å². The van der Waals surface area contributed by atoms with E-state index in [9.17, 15) is 8.42 Å². The van der Waals surface area contributed by atoms with Gasteiger partial charge in [-0.05, 0) is 30.5 Å². The quantitative estimate of drug-likeness (QED) is 0.844. The van der Waals surface area contributed by atoms with E-state index in [1.165, 1.54) is 0 Å². The highest BCUT2D eigenvalue weighted by Crippen LogP contribution is 2.34. The summed E-state index contributed by atoms with van der Waals surface area (Å²) in [4.78, 5) is 0. The van der Waals surface area contributed by atoms with E-state index in [0.29, 0.717) is 13.0 Å². The van der Waals surface area contributed by atoms with Crippen molar-refractivity contribution >= 4 is 10.0 Å². The lowest BCUT2D eigenvalue weighted by Crippen LogP contribution is -2.25. The lowest BCUT2D eigenvalue weighted by atomic mass is 9.94. The van der Waals surface area contributed by atoms with E-state index in [-0.39, 0.29) is 11.7 Å². The predicted molar refractivity (Wildman–Crippen MR) is 62.0 cm³/mol. The third-order valence-corrected chi connectivity index (χ3v) is 3.63. The molecule has 4 nitrogen and oxygen atoms in total. The number of aryl methyl sites for hydroxylation is 1. The maximum absolute atomic E-state index is 11.1. The molecule has 16 heavy (non-hydrogen) atoms. The first kappa shape index (κ1) is 11.4. The fraction of sp³-hybridized carbons (Fsp3) is 0.455. The Hall–Kier alpha value is -1.07. The summed E-state index contributed by atoms with van der Waals surface area (Å²) in [5, 5.41) is 5.08. The van der Waals surface area contributed by atoms with Crippen LogP contribution in [0, 0.1) is 6.92 Å². The Balaban J connectivity index is 2.33. The number of benzene rings is 1. The Labute approximate surface area is 95.5 Å². The zero-order valence-corrected chi connectivity index (χ0v) is 9.96. The van der Waals surface area contributed by atoms with Crippen LogP contribution in [0.25, 0.3) is 0 Å². The van der Waals surface area contributed by atoms with E-state index in [1.807, 2.05) is 25.1 Å². The maximum atomic E-state index is 11.1. The first-order chi connectivity index (χ1) is 7.46. The molecule has 0 radical (unpaired) electrons.